The molecule has 4 aromatic rings. The van der Waals surface area contributed by atoms with Crippen LogP contribution >= 0.6 is 0 Å². The molecule has 2 heterocycles. The lowest BCUT2D eigenvalue weighted by Crippen LogP contribution is -2.43. The zero-order valence-electron chi connectivity index (χ0n) is 19.3. The molecule has 4 rings (SSSR count). The van der Waals surface area contributed by atoms with Gasteiger partial charge in [0, 0.05) is 11.9 Å². The van der Waals surface area contributed by atoms with Crippen LogP contribution in [0.4, 0.5) is 11.5 Å². The van der Waals surface area contributed by atoms with Gasteiger partial charge in [-0.25, -0.2) is 9.48 Å². The van der Waals surface area contributed by atoms with Gasteiger partial charge in [0.1, 0.15) is 12.4 Å². The zero-order valence-corrected chi connectivity index (χ0v) is 19.3. The molecule has 0 fully saturated rings. The van der Waals surface area contributed by atoms with Gasteiger partial charge in [-0.2, -0.15) is 5.10 Å². The van der Waals surface area contributed by atoms with E-state index in [0.29, 0.717) is 23.7 Å². The Kier molecular flexibility index (Phi) is 6.91. The molecule has 0 bridgehead atoms. The summed E-state index contributed by atoms with van der Waals surface area (Å²) in [5.74, 6) is -0.674. The number of hydrogen-bond acceptors (Lipinski definition) is 6. The van der Waals surface area contributed by atoms with Crippen LogP contribution in [0.3, 0.4) is 0 Å². The number of H-pyrrole nitrogens is 1. The van der Waals surface area contributed by atoms with Crippen molar-refractivity contribution in [2.75, 3.05) is 10.6 Å². The van der Waals surface area contributed by atoms with Gasteiger partial charge < -0.3 is 5.73 Å². The van der Waals surface area contributed by atoms with Crippen LogP contribution in [0.25, 0.3) is 10.8 Å². The summed E-state index contributed by atoms with van der Waals surface area (Å²) >= 11 is 0. The maximum absolute atomic E-state index is 13.6. The first kappa shape index (κ1) is 23.7. The molecule has 2 aromatic carbocycles. The number of fused-ring (bicyclic) bond motifs is 1. The summed E-state index contributed by atoms with van der Waals surface area (Å²) in [6.45, 7) is 1.86. The van der Waals surface area contributed by atoms with E-state index >= 15 is 0 Å². The summed E-state index contributed by atoms with van der Waals surface area (Å²) in [6, 6.07) is 16.0. The van der Waals surface area contributed by atoms with E-state index in [0.717, 1.165) is 16.7 Å². The van der Waals surface area contributed by atoms with Crippen molar-refractivity contribution in [3.63, 3.8) is 0 Å². The summed E-state index contributed by atoms with van der Waals surface area (Å²) in [5, 5.41) is 5.22. The van der Waals surface area contributed by atoms with Crippen molar-refractivity contribution in [2.24, 2.45) is 0 Å². The molecule has 0 saturated carbocycles. The SMILES string of the molecule is CCCCn1c(N)c(N(Cc2ccccc2)C(=O)Cn2ncc3ccccc3c2=O)c(=O)[nH]c1=O. The molecule has 0 unspecified atom stereocenters. The van der Waals surface area contributed by atoms with Crippen molar-refractivity contribution in [3.8, 4) is 0 Å². The van der Waals surface area contributed by atoms with Gasteiger partial charge >= 0.3 is 5.69 Å². The van der Waals surface area contributed by atoms with Gasteiger partial charge in [-0.15, -0.1) is 0 Å². The third-order valence-corrected chi connectivity index (χ3v) is 5.75. The number of rotatable bonds is 8. The standard InChI is InChI=1S/C25H26N6O4/c1-2-3-13-29-22(26)21(23(33)28-25(29)35)30(15-17-9-5-4-6-10-17)20(32)16-31-24(34)19-12-8-7-11-18(19)14-27-31/h4-12,14H,2-3,13,15-16,26H2,1H3,(H,28,33,35). The maximum atomic E-state index is 13.6. The fourth-order valence-electron chi connectivity index (χ4n) is 3.89. The fourth-order valence-corrected chi connectivity index (χ4v) is 3.89. The lowest BCUT2D eigenvalue weighted by molar-refractivity contribution is -0.119. The number of nitrogens with zero attached hydrogens (tertiary/aromatic N) is 4. The van der Waals surface area contributed by atoms with Crippen molar-refractivity contribution in [2.45, 2.75) is 39.4 Å². The van der Waals surface area contributed by atoms with Crippen LogP contribution in [0.15, 0.2) is 75.2 Å². The topological polar surface area (TPSA) is 136 Å². The summed E-state index contributed by atoms with van der Waals surface area (Å²) in [6.07, 6.45) is 2.99. The molecular formula is C25H26N6O4. The molecule has 180 valence electrons. The highest BCUT2D eigenvalue weighted by Crippen LogP contribution is 2.20. The number of nitrogen functional groups attached to an aromatic ring is 1. The Morgan fingerprint density at radius 3 is 2.51 bits per heavy atom. The molecular weight excluding hydrogens is 448 g/mol. The molecule has 0 atom stereocenters. The molecule has 0 radical (unpaired) electrons. The minimum absolute atomic E-state index is 0.0151. The van der Waals surface area contributed by atoms with Gasteiger partial charge in [-0.3, -0.25) is 28.8 Å². The van der Waals surface area contributed by atoms with Gasteiger partial charge in [-0.05, 0) is 18.1 Å². The Labute approximate surface area is 200 Å². The van der Waals surface area contributed by atoms with Crippen molar-refractivity contribution in [1.82, 2.24) is 19.3 Å². The molecule has 2 aromatic heterocycles. The first-order valence-corrected chi connectivity index (χ1v) is 11.3. The number of carbonyl (C=O) groups is 1. The number of carbonyl (C=O) groups excluding carboxylic acids is 1. The average Bonchev–Trinajstić information content (AvgIpc) is 2.85. The number of anilines is 2. The van der Waals surface area contributed by atoms with Crippen molar-refractivity contribution < 1.29 is 4.79 Å². The van der Waals surface area contributed by atoms with E-state index in [1.165, 1.54) is 15.7 Å². The van der Waals surface area contributed by atoms with Crippen LogP contribution in [0, 0.1) is 0 Å². The molecule has 1 amide bonds. The number of hydrogen-bond donors (Lipinski definition) is 2. The Morgan fingerprint density at radius 1 is 1.06 bits per heavy atom. The highest BCUT2D eigenvalue weighted by Gasteiger charge is 2.25. The minimum atomic E-state index is -0.775. The number of aromatic amines is 1. The summed E-state index contributed by atoms with van der Waals surface area (Å²) in [7, 11) is 0. The maximum Gasteiger partial charge on any atom is 0.330 e. The number of benzene rings is 2. The Balaban J connectivity index is 1.79. The highest BCUT2D eigenvalue weighted by molar-refractivity contribution is 5.95. The molecule has 35 heavy (non-hydrogen) atoms. The minimum Gasteiger partial charge on any atom is -0.383 e. The van der Waals surface area contributed by atoms with E-state index in [9.17, 15) is 19.2 Å². The van der Waals surface area contributed by atoms with Gasteiger partial charge in [0.15, 0.2) is 5.69 Å². The van der Waals surface area contributed by atoms with E-state index < -0.39 is 29.3 Å². The lowest BCUT2D eigenvalue weighted by Gasteiger charge is -2.25. The van der Waals surface area contributed by atoms with Crippen LogP contribution in [0.5, 0.6) is 0 Å². The first-order chi connectivity index (χ1) is 16.9. The van der Waals surface area contributed by atoms with Crippen LogP contribution in [-0.4, -0.2) is 25.2 Å². The van der Waals surface area contributed by atoms with E-state index in [2.05, 4.69) is 10.1 Å². The first-order valence-electron chi connectivity index (χ1n) is 11.3. The quantitative estimate of drug-likeness (QED) is 0.400. The monoisotopic (exact) mass is 474 g/mol. The van der Waals surface area contributed by atoms with E-state index in [1.807, 2.05) is 25.1 Å². The molecule has 0 aliphatic carbocycles. The van der Waals surface area contributed by atoms with E-state index in [-0.39, 0.29) is 18.1 Å². The summed E-state index contributed by atoms with van der Waals surface area (Å²) in [4.78, 5) is 55.2. The number of nitrogens with one attached hydrogen (secondary N) is 1. The second-order valence-corrected chi connectivity index (χ2v) is 8.16. The molecule has 0 aliphatic heterocycles. The fraction of sp³-hybridized carbons (Fsp3) is 0.240. The molecule has 0 spiro atoms. The molecule has 0 aliphatic rings. The third-order valence-electron chi connectivity index (χ3n) is 5.75. The smallest absolute Gasteiger partial charge is 0.330 e. The molecule has 10 nitrogen and oxygen atoms in total. The van der Waals surface area contributed by atoms with E-state index in [1.54, 1.807) is 36.4 Å². The summed E-state index contributed by atoms with van der Waals surface area (Å²) in [5.41, 5.74) is 5.05. The Bertz CT molecular complexity index is 1540. The summed E-state index contributed by atoms with van der Waals surface area (Å²) < 4.78 is 2.31. The second-order valence-electron chi connectivity index (χ2n) is 8.16. The predicted octanol–water partition coefficient (Wildman–Crippen LogP) is 1.86. The largest absolute Gasteiger partial charge is 0.383 e. The highest BCUT2D eigenvalue weighted by atomic mass is 16.2. The zero-order chi connectivity index (χ0) is 24.9. The van der Waals surface area contributed by atoms with E-state index in [4.69, 9.17) is 5.73 Å². The van der Waals surface area contributed by atoms with Gasteiger partial charge in [0.2, 0.25) is 5.91 Å². The van der Waals surface area contributed by atoms with Crippen LogP contribution in [0.1, 0.15) is 25.3 Å². The number of amides is 1. The normalized spacial score (nSPS) is 11.0. The van der Waals surface area contributed by atoms with Crippen molar-refractivity contribution >= 4 is 28.2 Å². The van der Waals surface area contributed by atoms with Crippen LogP contribution in [-0.2, 0) is 24.4 Å². The lowest BCUT2D eigenvalue weighted by atomic mass is 10.2. The third kappa shape index (κ3) is 4.91. The number of unbranched alkanes of at least 4 members (excludes halogenated alkanes) is 1. The van der Waals surface area contributed by atoms with Crippen molar-refractivity contribution in [1.29, 1.82) is 0 Å². The van der Waals surface area contributed by atoms with Crippen LogP contribution in [0.2, 0.25) is 0 Å². The molecule has 3 N–H and O–H groups in total. The van der Waals surface area contributed by atoms with Crippen molar-refractivity contribution in [3.05, 3.63) is 97.5 Å². The Hall–Kier alpha value is -4.47. The molecule has 0 saturated heterocycles. The average molecular weight is 475 g/mol. The number of nitrogens with two attached hydrogens (primary N) is 1. The van der Waals surface area contributed by atoms with Gasteiger partial charge in [0.25, 0.3) is 11.1 Å². The second kappa shape index (κ2) is 10.2. The van der Waals surface area contributed by atoms with Crippen LogP contribution < -0.4 is 27.4 Å². The number of aromatic nitrogens is 4. The van der Waals surface area contributed by atoms with Gasteiger partial charge in [0.05, 0.1) is 18.1 Å². The predicted molar refractivity (Wildman–Crippen MR) is 134 cm³/mol. The Morgan fingerprint density at radius 2 is 1.77 bits per heavy atom. The van der Waals surface area contributed by atoms with Gasteiger partial charge in [-0.1, -0.05) is 61.9 Å². The molecule has 10 heteroatoms.